The zero-order chi connectivity index (χ0) is 12.4. The number of halogens is 2. The van der Waals surface area contributed by atoms with Crippen LogP contribution in [0, 0.1) is 11.8 Å². The van der Waals surface area contributed by atoms with Crippen LogP contribution in [0.2, 0.25) is 10.0 Å². The SMILES string of the molecule is CC1CCCC(C(O)c2cc(Cl)cc(Cl)c2)C1. The Morgan fingerprint density at radius 3 is 2.41 bits per heavy atom. The highest BCUT2D eigenvalue weighted by atomic mass is 35.5. The van der Waals surface area contributed by atoms with Gasteiger partial charge in [-0.05, 0) is 48.4 Å². The van der Waals surface area contributed by atoms with Crippen LogP contribution in [0.4, 0.5) is 0 Å². The van der Waals surface area contributed by atoms with Crippen LogP contribution < -0.4 is 0 Å². The molecule has 3 unspecified atom stereocenters. The first-order valence-corrected chi connectivity index (χ1v) is 6.96. The Morgan fingerprint density at radius 1 is 1.18 bits per heavy atom. The monoisotopic (exact) mass is 272 g/mol. The Labute approximate surface area is 113 Å². The molecule has 0 bridgehead atoms. The fourth-order valence-corrected chi connectivity index (χ4v) is 3.33. The summed E-state index contributed by atoms with van der Waals surface area (Å²) in [6.45, 7) is 2.25. The molecule has 1 aliphatic rings. The second-order valence-electron chi connectivity index (χ2n) is 5.18. The molecule has 94 valence electrons. The molecule has 1 aromatic rings. The smallest absolute Gasteiger partial charge is 0.0819 e. The Bertz CT molecular complexity index is 372. The molecule has 1 aromatic carbocycles. The van der Waals surface area contributed by atoms with Crippen LogP contribution >= 0.6 is 23.2 Å². The summed E-state index contributed by atoms with van der Waals surface area (Å²) in [6.07, 6.45) is 4.23. The summed E-state index contributed by atoms with van der Waals surface area (Å²) in [5.41, 5.74) is 0.849. The maximum atomic E-state index is 10.4. The summed E-state index contributed by atoms with van der Waals surface area (Å²) in [6, 6.07) is 5.33. The van der Waals surface area contributed by atoms with Crippen LogP contribution in [0.1, 0.15) is 44.3 Å². The van der Waals surface area contributed by atoms with Crippen LogP contribution in [0.15, 0.2) is 18.2 Å². The van der Waals surface area contributed by atoms with Crippen molar-refractivity contribution in [1.29, 1.82) is 0 Å². The van der Waals surface area contributed by atoms with Gasteiger partial charge in [0.15, 0.2) is 0 Å². The van der Waals surface area contributed by atoms with Gasteiger partial charge < -0.3 is 5.11 Å². The molecule has 0 aliphatic heterocycles. The van der Waals surface area contributed by atoms with Crippen molar-refractivity contribution in [3.63, 3.8) is 0 Å². The number of hydrogen-bond acceptors (Lipinski definition) is 1. The molecule has 1 nitrogen and oxygen atoms in total. The molecule has 1 aliphatic carbocycles. The average molecular weight is 273 g/mol. The normalized spacial score (nSPS) is 26.8. The zero-order valence-corrected chi connectivity index (χ0v) is 11.5. The first-order valence-electron chi connectivity index (χ1n) is 6.20. The molecule has 1 N–H and O–H groups in total. The van der Waals surface area contributed by atoms with Crippen molar-refractivity contribution >= 4 is 23.2 Å². The molecule has 3 heteroatoms. The highest BCUT2D eigenvalue weighted by molar-refractivity contribution is 6.34. The van der Waals surface area contributed by atoms with E-state index in [-0.39, 0.29) is 0 Å². The second-order valence-corrected chi connectivity index (χ2v) is 6.05. The minimum atomic E-state index is -0.436. The molecule has 0 radical (unpaired) electrons. The molecule has 1 fully saturated rings. The van der Waals surface area contributed by atoms with Gasteiger partial charge in [-0.25, -0.2) is 0 Å². The molecule has 2 rings (SSSR count). The third kappa shape index (κ3) is 3.37. The minimum absolute atomic E-state index is 0.341. The minimum Gasteiger partial charge on any atom is -0.388 e. The van der Waals surface area contributed by atoms with Crippen LogP contribution in [0.3, 0.4) is 0 Å². The van der Waals surface area contributed by atoms with Gasteiger partial charge in [0.1, 0.15) is 0 Å². The van der Waals surface area contributed by atoms with Gasteiger partial charge in [-0.2, -0.15) is 0 Å². The van der Waals surface area contributed by atoms with Gasteiger partial charge in [-0.3, -0.25) is 0 Å². The predicted molar refractivity (Wildman–Crippen MR) is 72.5 cm³/mol. The summed E-state index contributed by atoms with van der Waals surface area (Å²) in [4.78, 5) is 0. The molecule has 3 atom stereocenters. The van der Waals surface area contributed by atoms with E-state index in [0.717, 1.165) is 18.4 Å². The number of aliphatic hydroxyl groups is 1. The van der Waals surface area contributed by atoms with Gasteiger partial charge in [0, 0.05) is 10.0 Å². The average Bonchev–Trinajstić information content (AvgIpc) is 2.26. The fourth-order valence-electron chi connectivity index (χ4n) is 2.79. The number of aliphatic hydroxyl groups excluding tert-OH is 1. The highest BCUT2D eigenvalue weighted by Crippen LogP contribution is 2.38. The van der Waals surface area contributed by atoms with E-state index in [4.69, 9.17) is 23.2 Å². The number of benzene rings is 1. The maximum Gasteiger partial charge on any atom is 0.0819 e. The quantitative estimate of drug-likeness (QED) is 0.816. The highest BCUT2D eigenvalue weighted by Gasteiger charge is 2.26. The lowest BCUT2D eigenvalue weighted by Gasteiger charge is -2.30. The molecule has 0 aromatic heterocycles. The lowest BCUT2D eigenvalue weighted by molar-refractivity contribution is 0.0714. The van der Waals surface area contributed by atoms with E-state index in [1.54, 1.807) is 6.07 Å². The largest absolute Gasteiger partial charge is 0.388 e. The Hall–Kier alpha value is -0.240. The zero-order valence-electron chi connectivity index (χ0n) is 10.00. The third-order valence-corrected chi connectivity index (χ3v) is 4.09. The lowest BCUT2D eigenvalue weighted by Crippen LogP contribution is -2.20. The van der Waals surface area contributed by atoms with E-state index in [0.29, 0.717) is 21.9 Å². The topological polar surface area (TPSA) is 20.2 Å². The number of rotatable bonds is 2. The summed E-state index contributed by atoms with van der Waals surface area (Å²) >= 11 is 11.9. The van der Waals surface area contributed by atoms with E-state index in [1.165, 1.54) is 12.8 Å². The van der Waals surface area contributed by atoms with E-state index < -0.39 is 6.10 Å². The van der Waals surface area contributed by atoms with Gasteiger partial charge in [0.2, 0.25) is 0 Å². The summed E-state index contributed by atoms with van der Waals surface area (Å²) < 4.78 is 0. The standard InChI is InChI=1S/C14H18Cl2O/c1-9-3-2-4-10(5-9)14(17)11-6-12(15)8-13(16)7-11/h6-10,14,17H,2-5H2,1H3. The van der Waals surface area contributed by atoms with Gasteiger partial charge in [-0.1, -0.05) is 43.0 Å². The third-order valence-electron chi connectivity index (χ3n) is 3.65. The van der Waals surface area contributed by atoms with Crippen molar-refractivity contribution in [1.82, 2.24) is 0 Å². The van der Waals surface area contributed by atoms with Gasteiger partial charge in [0.05, 0.1) is 6.10 Å². The molecule has 17 heavy (non-hydrogen) atoms. The lowest BCUT2D eigenvalue weighted by atomic mass is 9.78. The van der Waals surface area contributed by atoms with Crippen LogP contribution in [0.25, 0.3) is 0 Å². The molecule has 0 amide bonds. The Morgan fingerprint density at radius 2 is 1.82 bits per heavy atom. The van der Waals surface area contributed by atoms with Gasteiger partial charge in [-0.15, -0.1) is 0 Å². The Balaban J connectivity index is 2.15. The molecular weight excluding hydrogens is 255 g/mol. The molecular formula is C14H18Cl2O. The summed E-state index contributed by atoms with van der Waals surface area (Å²) in [7, 11) is 0. The molecule has 0 spiro atoms. The predicted octanol–water partition coefficient (Wildman–Crippen LogP) is 4.85. The van der Waals surface area contributed by atoms with Crippen molar-refractivity contribution in [3.05, 3.63) is 33.8 Å². The maximum absolute atomic E-state index is 10.4. The first-order chi connectivity index (χ1) is 8.06. The van der Waals surface area contributed by atoms with E-state index in [2.05, 4.69) is 6.92 Å². The molecule has 1 saturated carbocycles. The fraction of sp³-hybridized carbons (Fsp3) is 0.571. The van der Waals surface area contributed by atoms with Crippen molar-refractivity contribution in [3.8, 4) is 0 Å². The van der Waals surface area contributed by atoms with Crippen LogP contribution in [0.5, 0.6) is 0 Å². The van der Waals surface area contributed by atoms with E-state index in [1.807, 2.05) is 12.1 Å². The number of hydrogen-bond donors (Lipinski definition) is 1. The van der Waals surface area contributed by atoms with Gasteiger partial charge in [0.25, 0.3) is 0 Å². The van der Waals surface area contributed by atoms with Crippen molar-refractivity contribution in [2.75, 3.05) is 0 Å². The second kappa shape index (κ2) is 5.60. The molecule has 0 saturated heterocycles. The van der Waals surface area contributed by atoms with E-state index >= 15 is 0 Å². The first kappa shape index (κ1) is 13.2. The van der Waals surface area contributed by atoms with Crippen molar-refractivity contribution in [2.45, 2.75) is 38.7 Å². The summed E-state index contributed by atoms with van der Waals surface area (Å²) in [5.74, 6) is 1.05. The van der Waals surface area contributed by atoms with Crippen molar-refractivity contribution in [2.24, 2.45) is 11.8 Å². The van der Waals surface area contributed by atoms with Crippen LogP contribution in [-0.4, -0.2) is 5.11 Å². The Kier molecular flexibility index (Phi) is 4.35. The van der Waals surface area contributed by atoms with Gasteiger partial charge >= 0.3 is 0 Å². The van der Waals surface area contributed by atoms with E-state index in [9.17, 15) is 5.11 Å². The van der Waals surface area contributed by atoms with Crippen molar-refractivity contribution < 1.29 is 5.11 Å². The summed E-state index contributed by atoms with van der Waals surface area (Å²) in [5, 5.41) is 11.6. The molecule has 0 heterocycles. The van der Waals surface area contributed by atoms with Crippen LogP contribution in [-0.2, 0) is 0 Å².